The lowest BCUT2D eigenvalue weighted by molar-refractivity contribution is 0.210. The summed E-state index contributed by atoms with van der Waals surface area (Å²) < 4.78 is 0. The summed E-state index contributed by atoms with van der Waals surface area (Å²) in [7, 11) is 0. The molecule has 0 aromatic heterocycles. The van der Waals surface area contributed by atoms with E-state index in [1.165, 1.54) is 17.3 Å². The van der Waals surface area contributed by atoms with Gasteiger partial charge in [0.1, 0.15) is 0 Å². The minimum atomic E-state index is -0.384. The van der Waals surface area contributed by atoms with E-state index < -0.39 is 0 Å². The molecule has 0 saturated heterocycles. The van der Waals surface area contributed by atoms with Crippen LogP contribution in [0.2, 0.25) is 0 Å². The van der Waals surface area contributed by atoms with Crippen molar-refractivity contribution in [1.82, 2.24) is 0 Å². The monoisotopic (exact) mass is 208 g/mol. The van der Waals surface area contributed by atoms with Crippen molar-refractivity contribution in [2.45, 2.75) is 18.9 Å². The third kappa shape index (κ3) is 3.56. The number of thioether (sulfide) groups is 1. The van der Waals surface area contributed by atoms with Crippen LogP contribution in [-0.4, -0.2) is 17.5 Å². The van der Waals surface area contributed by atoms with Crippen LogP contribution in [0.1, 0.15) is 12.0 Å². The van der Waals surface area contributed by atoms with Gasteiger partial charge in [-0.2, -0.15) is 0 Å². The summed E-state index contributed by atoms with van der Waals surface area (Å²) in [5.41, 5.74) is 1.26. The van der Waals surface area contributed by atoms with E-state index in [1.807, 2.05) is 24.5 Å². The average Bonchev–Trinajstić information content (AvgIpc) is 2.26. The molecular weight excluding hydrogens is 192 g/mol. The molecule has 2 heteroatoms. The molecule has 0 aliphatic carbocycles. The van der Waals surface area contributed by atoms with E-state index in [-0.39, 0.29) is 6.10 Å². The third-order valence-corrected chi connectivity index (χ3v) is 2.98. The zero-order valence-electron chi connectivity index (χ0n) is 8.44. The van der Waals surface area contributed by atoms with Gasteiger partial charge in [-0.05, 0) is 24.7 Å². The molecule has 1 aromatic carbocycles. The maximum atomic E-state index is 9.66. The molecule has 0 radical (unpaired) electrons. The second kappa shape index (κ2) is 5.89. The number of aryl methyl sites for hydroxylation is 1. The lowest BCUT2D eigenvalue weighted by Gasteiger charge is -2.11. The molecule has 0 heterocycles. The quantitative estimate of drug-likeness (QED) is 0.803. The average molecular weight is 208 g/mol. The number of rotatable bonds is 5. The van der Waals surface area contributed by atoms with E-state index in [0.29, 0.717) is 0 Å². The number of hydrogen-bond donors (Lipinski definition) is 1. The summed E-state index contributed by atoms with van der Waals surface area (Å²) in [5, 5.41) is 9.66. The Kier molecular flexibility index (Phi) is 4.77. The molecule has 1 rings (SSSR count). The Balaban J connectivity index is 2.38. The lowest BCUT2D eigenvalue weighted by Crippen LogP contribution is -2.08. The Bertz CT molecular complexity index is 282. The molecule has 1 unspecified atom stereocenters. The van der Waals surface area contributed by atoms with Crippen molar-refractivity contribution in [2.24, 2.45) is 0 Å². The number of benzene rings is 1. The highest BCUT2D eigenvalue weighted by molar-refractivity contribution is 8.02. The fourth-order valence-electron chi connectivity index (χ4n) is 1.25. The minimum absolute atomic E-state index is 0.384. The summed E-state index contributed by atoms with van der Waals surface area (Å²) in [6.45, 7) is 3.80. The summed E-state index contributed by atoms with van der Waals surface area (Å²) in [4.78, 5) is 0.848. The van der Waals surface area contributed by atoms with Gasteiger partial charge in [0, 0.05) is 4.91 Å². The van der Waals surface area contributed by atoms with Crippen molar-refractivity contribution in [3.05, 3.63) is 47.4 Å². The van der Waals surface area contributed by atoms with Gasteiger partial charge in [0.05, 0.1) is 6.10 Å². The van der Waals surface area contributed by atoms with Crippen LogP contribution >= 0.6 is 11.8 Å². The van der Waals surface area contributed by atoms with Crippen LogP contribution in [0.15, 0.2) is 41.8 Å². The van der Waals surface area contributed by atoms with Crippen LogP contribution < -0.4 is 0 Å². The summed E-state index contributed by atoms with van der Waals surface area (Å²) in [6, 6.07) is 10.2. The fraction of sp³-hybridized carbons (Fsp3) is 0.333. The first-order valence-corrected chi connectivity index (χ1v) is 5.91. The van der Waals surface area contributed by atoms with Gasteiger partial charge in [-0.25, -0.2) is 0 Å². The van der Waals surface area contributed by atoms with Crippen LogP contribution in [-0.2, 0) is 6.42 Å². The van der Waals surface area contributed by atoms with Crippen LogP contribution in [0.4, 0.5) is 0 Å². The highest BCUT2D eigenvalue weighted by atomic mass is 32.2. The fourth-order valence-corrected chi connectivity index (χ4v) is 1.64. The molecule has 1 nitrogen and oxygen atoms in total. The zero-order valence-corrected chi connectivity index (χ0v) is 9.26. The Morgan fingerprint density at radius 1 is 1.43 bits per heavy atom. The first-order valence-electron chi connectivity index (χ1n) is 4.69. The van der Waals surface area contributed by atoms with E-state index >= 15 is 0 Å². The molecule has 0 saturated carbocycles. The molecule has 0 fully saturated rings. The van der Waals surface area contributed by atoms with Crippen molar-refractivity contribution in [3.63, 3.8) is 0 Å². The van der Waals surface area contributed by atoms with Crippen LogP contribution in [0.3, 0.4) is 0 Å². The van der Waals surface area contributed by atoms with Gasteiger partial charge in [-0.15, -0.1) is 11.8 Å². The van der Waals surface area contributed by atoms with Crippen molar-refractivity contribution in [2.75, 3.05) is 6.26 Å². The van der Waals surface area contributed by atoms with Gasteiger partial charge >= 0.3 is 0 Å². The van der Waals surface area contributed by atoms with E-state index in [0.717, 1.165) is 17.7 Å². The highest BCUT2D eigenvalue weighted by Gasteiger charge is 2.07. The van der Waals surface area contributed by atoms with Crippen molar-refractivity contribution in [1.29, 1.82) is 0 Å². The molecule has 0 spiro atoms. The molecule has 1 N–H and O–H groups in total. The molecule has 0 aliphatic heterocycles. The number of aliphatic hydroxyl groups excluding tert-OH is 1. The maximum Gasteiger partial charge on any atom is 0.0845 e. The smallest absolute Gasteiger partial charge is 0.0845 e. The Morgan fingerprint density at radius 3 is 2.64 bits per heavy atom. The molecule has 1 aromatic rings. The minimum Gasteiger partial charge on any atom is -0.388 e. The van der Waals surface area contributed by atoms with Crippen molar-refractivity contribution >= 4 is 11.8 Å². The second-order valence-electron chi connectivity index (χ2n) is 3.21. The van der Waals surface area contributed by atoms with Crippen LogP contribution in [0.5, 0.6) is 0 Å². The number of hydrogen-bond acceptors (Lipinski definition) is 2. The topological polar surface area (TPSA) is 20.2 Å². The maximum absolute atomic E-state index is 9.66. The number of aliphatic hydroxyl groups is 1. The SMILES string of the molecule is C=C(SC)C(O)CCc1ccccc1. The summed E-state index contributed by atoms with van der Waals surface area (Å²) in [6.07, 6.45) is 3.21. The second-order valence-corrected chi connectivity index (χ2v) is 4.14. The van der Waals surface area contributed by atoms with Crippen LogP contribution in [0, 0.1) is 0 Å². The van der Waals surface area contributed by atoms with E-state index in [1.54, 1.807) is 0 Å². The Labute approximate surface area is 89.8 Å². The van der Waals surface area contributed by atoms with E-state index in [4.69, 9.17) is 0 Å². The molecule has 1 atom stereocenters. The highest BCUT2D eigenvalue weighted by Crippen LogP contribution is 2.17. The predicted molar refractivity (Wildman–Crippen MR) is 63.4 cm³/mol. The van der Waals surface area contributed by atoms with Crippen LogP contribution in [0.25, 0.3) is 0 Å². The first-order chi connectivity index (χ1) is 6.74. The molecule has 76 valence electrons. The molecule has 0 bridgehead atoms. The lowest BCUT2D eigenvalue weighted by atomic mass is 10.1. The molecule has 0 aliphatic rings. The molecule has 0 amide bonds. The van der Waals surface area contributed by atoms with Gasteiger partial charge in [0.2, 0.25) is 0 Å². The normalized spacial score (nSPS) is 12.4. The molecular formula is C12H16OS. The summed E-state index contributed by atoms with van der Waals surface area (Å²) in [5.74, 6) is 0. The standard InChI is InChI=1S/C12H16OS/c1-10(14-2)12(13)9-8-11-6-4-3-5-7-11/h3-7,12-13H,1,8-9H2,2H3. The van der Waals surface area contributed by atoms with Gasteiger partial charge in [0.25, 0.3) is 0 Å². The predicted octanol–water partition coefficient (Wildman–Crippen LogP) is 2.86. The third-order valence-electron chi connectivity index (χ3n) is 2.18. The van der Waals surface area contributed by atoms with E-state index in [9.17, 15) is 5.11 Å². The summed E-state index contributed by atoms with van der Waals surface area (Å²) >= 11 is 1.52. The van der Waals surface area contributed by atoms with Gasteiger partial charge in [-0.1, -0.05) is 36.9 Å². The van der Waals surface area contributed by atoms with Gasteiger partial charge in [0.15, 0.2) is 0 Å². The largest absolute Gasteiger partial charge is 0.388 e. The Hall–Kier alpha value is -0.730. The van der Waals surface area contributed by atoms with Crippen molar-refractivity contribution in [3.8, 4) is 0 Å². The van der Waals surface area contributed by atoms with Gasteiger partial charge < -0.3 is 5.11 Å². The zero-order chi connectivity index (χ0) is 10.4. The van der Waals surface area contributed by atoms with Gasteiger partial charge in [-0.3, -0.25) is 0 Å². The van der Waals surface area contributed by atoms with E-state index in [2.05, 4.69) is 18.7 Å². The molecule has 14 heavy (non-hydrogen) atoms. The first kappa shape index (κ1) is 11.3. The Morgan fingerprint density at radius 2 is 2.07 bits per heavy atom. The van der Waals surface area contributed by atoms with Crippen molar-refractivity contribution < 1.29 is 5.11 Å².